The summed E-state index contributed by atoms with van der Waals surface area (Å²) in [6, 6.07) is 5.64. The van der Waals surface area contributed by atoms with Crippen LogP contribution in [0.1, 0.15) is 0 Å². The van der Waals surface area contributed by atoms with E-state index in [4.69, 9.17) is 11.6 Å². The highest BCUT2D eigenvalue weighted by atomic mass is 79.9. The number of aromatic nitrogens is 2. The zero-order valence-corrected chi connectivity index (χ0v) is 11.4. The van der Waals surface area contributed by atoms with Crippen molar-refractivity contribution in [3.8, 4) is 0 Å². The van der Waals surface area contributed by atoms with Crippen LogP contribution in [0, 0.1) is 0 Å². The first-order chi connectivity index (χ1) is 8.22. The van der Waals surface area contributed by atoms with Crippen molar-refractivity contribution in [2.24, 2.45) is 0 Å². The number of imidazole rings is 1. The molecule has 1 aromatic carbocycles. The molecule has 0 aliphatic rings. The molecule has 0 fully saturated rings. The Morgan fingerprint density at radius 3 is 3.12 bits per heavy atom. The average molecular weight is 313 g/mol. The van der Waals surface area contributed by atoms with Crippen molar-refractivity contribution < 1.29 is 0 Å². The van der Waals surface area contributed by atoms with Crippen LogP contribution < -0.4 is 5.32 Å². The van der Waals surface area contributed by atoms with Gasteiger partial charge in [-0.2, -0.15) is 0 Å². The van der Waals surface area contributed by atoms with E-state index in [1.54, 1.807) is 6.20 Å². The number of allylic oxidation sites excluding steroid dienone is 1. The second-order valence-electron chi connectivity index (χ2n) is 3.42. The SMILES string of the molecule is C=CCn1ccnc1Nc1cccc(Cl)c1Br. The minimum Gasteiger partial charge on any atom is -0.325 e. The summed E-state index contributed by atoms with van der Waals surface area (Å²) in [5.74, 6) is 0.757. The van der Waals surface area contributed by atoms with E-state index in [1.807, 2.05) is 35.0 Å². The van der Waals surface area contributed by atoms with Gasteiger partial charge in [0, 0.05) is 18.9 Å². The van der Waals surface area contributed by atoms with Crippen molar-refractivity contribution in [1.82, 2.24) is 9.55 Å². The Balaban J connectivity index is 2.28. The lowest BCUT2D eigenvalue weighted by atomic mass is 10.3. The Morgan fingerprint density at radius 2 is 2.35 bits per heavy atom. The molecule has 1 heterocycles. The first-order valence-corrected chi connectivity index (χ1v) is 6.22. The summed E-state index contributed by atoms with van der Waals surface area (Å²) in [5, 5.41) is 3.88. The first kappa shape index (κ1) is 12.2. The predicted molar refractivity (Wildman–Crippen MR) is 74.9 cm³/mol. The summed E-state index contributed by atoms with van der Waals surface area (Å²) >= 11 is 9.46. The minimum atomic E-state index is 0.664. The van der Waals surface area contributed by atoms with Crippen molar-refractivity contribution >= 4 is 39.2 Å². The Bertz CT molecular complexity index is 536. The highest BCUT2D eigenvalue weighted by molar-refractivity contribution is 9.10. The van der Waals surface area contributed by atoms with Gasteiger partial charge in [0.25, 0.3) is 0 Å². The van der Waals surface area contributed by atoms with Gasteiger partial charge in [-0.15, -0.1) is 6.58 Å². The summed E-state index contributed by atoms with van der Waals surface area (Å²) in [5.41, 5.74) is 0.883. The van der Waals surface area contributed by atoms with E-state index in [2.05, 4.69) is 32.8 Å². The van der Waals surface area contributed by atoms with E-state index in [0.29, 0.717) is 11.6 Å². The zero-order chi connectivity index (χ0) is 12.3. The second-order valence-corrected chi connectivity index (χ2v) is 4.62. The second kappa shape index (κ2) is 5.38. The molecule has 0 spiro atoms. The van der Waals surface area contributed by atoms with Crippen molar-refractivity contribution in [2.75, 3.05) is 5.32 Å². The largest absolute Gasteiger partial charge is 0.325 e. The van der Waals surface area contributed by atoms with Gasteiger partial charge in [-0.25, -0.2) is 4.98 Å². The number of hydrogen-bond acceptors (Lipinski definition) is 2. The van der Waals surface area contributed by atoms with E-state index in [9.17, 15) is 0 Å². The molecule has 88 valence electrons. The van der Waals surface area contributed by atoms with Crippen molar-refractivity contribution in [3.05, 3.63) is 52.7 Å². The molecule has 0 atom stereocenters. The number of halogens is 2. The maximum atomic E-state index is 6.02. The Hall–Kier alpha value is -1.26. The van der Waals surface area contributed by atoms with Crippen LogP contribution in [0.5, 0.6) is 0 Å². The number of benzene rings is 1. The molecule has 0 saturated carbocycles. The Labute approximate surface area is 113 Å². The molecule has 1 aromatic heterocycles. The van der Waals surface area contributed by atoms with E-state index < -0.39 is 0 Å². The number of nitrogens with one attached hydrogen (secondary N) is 1. The fourth-order valence-electron chi connectivity index (χ4n) is 1.44. The highest BCUT2D eigenvalue weighted by Crippen LogP contribution is 2.31. The molecule has 2 aromatic rings. The molecular formula is C12H11BrClN3. The molecule has 5 heteroatoms. The van der Waals surface area contributed by atoms with Gasteiger partial charge in [-0.3, -0.25) is 0 Å². The Kier molecular flexibility index (Phi) is 3.86. The standard InChI is InChI=1S/C12H11BrClN3/c1-2-7-17-8-6-15-12(17)16-10-5-3-4-9(14)11(10)13/h2-6,8H,1,7H2,(H,15,16). The van der Waals surface area contributed by atoms with E-state index in [0.717, 1.165) is 16.1 Å². The third-order valence-electron chi connectivity index (χ3n) is 2.24. The van der Waals surface area contributed by atoms with Crippen LogP contribution in [0.15, 0.2) is 47.7 Å². The van der Waals surface area contributed by atoms with Crippen molar-refractivity contribution in [2.45, 2.75) is 6.54 Å². The molecule has 0 aliphatic heterocycles. The quantitative estimate of drug-likeness (QED) is 0.856. The van der Waals surface area contributed by atoms with Crippen LogP contribution in [-0.4, -0.2) is 9.55 Å². The Morgan fingerprint density at radius 1 is 1.53 bits per heavy atom. The lowest BCUT2D eigenvalue weighted by molar-refractivity contribution is 0.833. The lowest BCUT2D eigenvalue weighted by Crippen LogP contribution is -2.02. The highest BCUT2D eigenvalue weighted by Gasteiger charge is 2.06. The number of rotatable bonds is 4. The average Bonchev–Trinajstić information content (AvgIpc) is 2.73. The zero-order valence-electron chi connectivity index (χ0n) is 9.03. The maximum absolute atomic E-state index is 6.02. The molecule has 2 rings (SSSR count). The molecule has 0 bridgehead atoms. The van der Waals surface area contributed by atoms with Gasteiger partial charge < -0.3 is 9.88 Å². The molecule has 1 N–H and O–H groups in total. The van der Waals surface area contributed by atoms with Crippen molar-refractivity contribution in [1.29, 1.82) is 0 Å². The molecule has 0 saturated heterocycles. The first-order valence-electron chi connectivity index (χ1n) is 5.05. The lowest BCUT2D eigenvalue weighted by Gasteiger charge is -2.10. The molecule has 0 amide bonds. The summed E-state index contributed by atoms with van der Waals surface area (Å²) in [7, 11) is 0. The van der Waals surface area contributed by atoms with Crippen LogP contribution in [-0.2, 0) is 6.54 Å². The van der Waals surface area contributed by atoms with Gasteiger partial charge >= 0.3 is 0 Å². The fraction of sp³-hybridized carbons (Fsp3) is 0.0833. The number of anilines is 2. The molecule has 0 unspecified atom stereocenters. The van der Waals surface area contributed by atoms with Crippen LogP contribution in [0.2, 0.25) is 5.02 Å². The van der Waals surface area contributed by atoms with Gasteiger partial charge in [-0.1, -0.05) is 23.7 Å². The van der Waals surface area contributed by atoms with Gasteiger partial charge in [-0.05, 0) is 28.1 Å². The predicted octanol–water partition coefficient (Wildman–Crippen LogP) is 4.23. The van der Waals surface area contributed by atoms with Crippen LogP contribution >= 0.6 is 27.5 Å². The maximum Gasteiger partial charge on any atom is 0.207 e. The molecule has 3 nitrogen and oxygen atoms in total. The molecule has 0 radical (unpaired) electrons. The van der Waals surface area contributed by atoms with E-state index >= 15 is 0 Å². The number of nitrogens with zero attached hydrogens (tertiary/aromatic N) is 2. The third kappa shape index (κ3) is 2.70. The summed E-state index contributed by atoms with van der Waals surface area (Å²) in [6.07, 6.45) is 5.45. The summed E-state index contributed by atoms with van der Waals surface area (Å²) in [6.45, 7) is 4.42. The minimum absolute atomic E-state index is 0.664. The topological polar surface area (TPSA) is 29.9 Å². The van der Waals surface area contributed by atoms with Gasteiger partial charge in [0.05, 0.1) is 15.2 Å². The van der Waals surface area contributed by atoms with Crippen molar-refractivity contribution in [3.63, 3.8) is 0 Å². The molecular weight excluding hydrogens is 302 g/mol. The fourth-order valence-corrected chi connectivity index (χ4v) is 1.98. The monoisotopic (exact) mass is 311 g/mol. The van der Waals surface area contributed by atoms with Crippen LogP contribution in [0.4, 0.5) is 11.6 Å². The smallest absolute Gasteiger partial charge is 0.207 e. The van der Waals surface area contributed by atoms with Gasteiger partial charge in [0.2, 0.25) is 5.95 Å². The van der Waals surface area contributed by atoms with Gasteiger partial charge in [0.1, 0.15) is 0 Å². The van der Waals surface area contributed by atoms with Crippen LogP contribution in [0.25, 0.3) is 0 Å². The van der Waals surface area contributed by atoms with E-state index in [-0.39, 0.29) is 0 Å². The van der Waals surface area contributed by atoms with Gasteiger partial charge in [0.15, 0.2) is 0 Å². The number of hydrogen-bond donors (Lipinski definition) is 1. The van der Waals surface area contributed by atoms with E-state index in [1.165, 1.54) is 0 Å². The third-order valence-corrected chi connectivity index (χ3v) is 3.64. The normalized spacial score (nSPS) is 10.2. The summed E-state index contributed by atoms with van der Waals surface area (Å²) < 4.78 is 2.79. The molecule has 0 aliphatic carbocycles. The summed E-state index contributed by atoms with van der Waals surface area (Å²) in [4.78, 5) is 4.24. The molecule has 17 heavy (non-hydrogen) atoms. The van der Waals surface area contributed by atoms with Crippen LogP contribution in [0.3, 0.4) is 0 Å².